The zero-order chi connectivity index (χ0) is 12.1. The Morgan fingerprint density at radius 2 is 1.88 bits per heavy atom. The van der Waals surface area contributed by atoms with Crippen LogP contribution in [0.3, 0.4) is 0 Å². The number of thiophene rings is 1. The Morgan fingerprint density at radius 3 is 2.41 bits per heavy atom. The topological polar surface area (TPSA) is 21.3 Å². The number of likely N-dealkylation sites (N-methyl/N-ethyl adjacent to an activating group) is 1. The SMILES string of the molecule is CNC(c1ccsc1)C(OC)c1ccccc1. The maximum Gasteiger partial charge on any atom is 0.102 e. The standard InChI is InChI=1S/C14H17NOS/c1-15-13(12-8-9-17-10-12)14(16-2)11-6-4-3-5-7-11/h3-10,13-15H,1-2H3. The molecule has 0 saturated heterocycles. The van der Waals surface area contributed by atoms with E-state index < -0.39 is 0 Å². The van der Waals surface area contributed by atoms with E-state index in [1.54, 1.807) is 18.4 Å². The summed E-state index contributed by atoms with van der Waals surface area (Å²) in [6.07, 6.45) is 0.0378. The molecule has 3 heteroatoms. The molecule has 2 rings (SSSR count). The minimum atomic E-state index is 0.0378. The van der Waals surface area contributed by atoms with E-state index in [0.29, 0.717) is 0 Å². The Labute approximate surface area is 106 Å². The fraction of sp³-hybridized carbons (Fsp3) is 0.286. The molecule has 2 aromatic rings. The monoisotopic (exact) mass is 247 g/mol. The molecule has 2 atom stereocenters. The van der Waals surface area contributed by atoms with Crippen molar-refractivity contribution < 1.29 is 4.74 Å². The normalized spacial score (nSPS) is 14.5. The third-order valence-electron chi connectivity index (χ3n) is 2.90. The number of nitrogens with one attached hydrogen (secondary N) is 1. The summed E-state index contributed by atoms with van der Waals surface area (Å²) >= 11 is 1.71. The van der Waals surface area contributed by atoms with Gasteiger partial charge in [-0.1, -0.05) is 30.3 Å². The highest BCUT2D eigenvalue weighted by Crippen LogP contribution is 2.32. The van der Waals surface area contributed by atoms with Crippen LogP contribution in [0.25, 0.3) is 0 Å². The highest BCUT2D eigenvalue weighted by Gasteiger charge is 2.23. The van der Waals surface area contributed by atoms with E-state index in [-0.39, 0.29) is 12.1 Å². The summed E-state index contributed by atoms with van der Waals surface area (Å²) in [4.78, 5) is 0. The average molecular weight is 247 g/mol. The fourth-order valence-corrected chi connectivity index (χ4v) is 2.75. The van der Waals surface area contributed by atoms with E-state index in [0.717, 1.165) is 0 Å². The zero-order valence-electron chi connectivity index (χ0n) is 10.1. The largest absolute Gasteiger partial charge is 0.375 e. The van der Waals surface area contributed by atoms with Gasteiger partial charge in [0.1, 0.15) is 6.10 Å². The van der Waals surface area contributed by atoms with Crippen LogP contribution in [0, 0.1) is 0 Å². The Balaban J connectivity index is 2.28. The molecule has 0 aliphatic carbocycles. The van der Waals surface area contributed by atoms with Gasteiger partial charge in [0.25, 0.3) is 0 Å². The van der Waals surface area contributed by atoms with Crippen molar-refractivity contribution in [3.05, 3.63) is 58.3 Å². The molecular formula is C14H17NOS. The van der Waals surface area contributed by atoms with Crippen LogP contribution < -0.4 is 5.32 Å². The quantitative estimate of drug-likeness (QED) is 0.874. The van der Waals surface area contributed by atoms with Crippen LogP contribution in [0.2, 0.25) is 0 Å². The third kappa shape index (κ3) is 2.75. The Morgan fingerprint density at radius 1 is 1.12 bits per heavy atom. The molecule has 1 aromatic carbocycles. The highest BCUT2D eigenvalue weighted by molar-refractivity contribution is 7.07. The van der Waals surface area contributed by atoms with E-state index in [1.165, 1.54) is 11.1 Å². The van der Waals surface area contributed by atoms with E-state index in [4.69, 9.17) is 4.74 Å². The van der Waals surface area contributed by atoms with E-state index in [9.17, 15) is 0 Å². The second-order valence-corrected chi connectivity index (χ2v) is 4.67. The first-order valence-corrected chi connectivity index (χ1v) is 6.58. The van der Waals surface area contributed by atoms with Crippen LogP contribution in [0.4, 0.5) is 0 Å². The predicted octanol–water partition coefficient (Wildman–Crippen LogP) is 3.40. The number of benzene rings is 1. The summed E-state index contributed by atoms with van der Waals surface area (Å²) in [6, 6.07) is 12.6. The second-order valence-electron chi connectivity index (χ2n) is 3.89. The number of rotatable bonds is 5. The molecule has 2 nitrogen and oxygen atoms in total. The molecule has 2 unspecified atom stereocenters. The molecule has 0 spiro atoms. The number of methoxy groups -OCH3 is 1. The second kappa shape index (κ2) is 5.96. The molecule has 1 heterocycles. The maximum absolute atomic E-state index is 5.66. The van der Waals surface area contributed by atoms with Crippen LogP contribution in [-0.4, -0.2) is 14.2 Å². The smallest absolute Gasteiger partial charge is 0.102 e. The summed E-state index contributed by atoms with van der Waals surface area (Å²) in [6.45, 7) is 0. The minimum Gasteiger partial charge on any atom is -0.375 e. The molecule has 17 heavy (non-hydrogen) atoms. The van der Waals surface area contributed by atoms with E-state index in [1.807, 2.05) is 25.2 Å². The summed E-state index contributed by atoms with van der Waals surface area (Å²) in [5, 5.41) is 7.59. The van der Waals surface area contributed by atoms with Gasteiger partial charge in [0.15, 0.2) is 0 Å². The van der Waals surface area contributed by atoms with Crippen LogP contribution in [0.15, 0.2) is 47.2 Å². The lowest BCUT2D eigenvalue weighted by atomic mass is 9.98. The molecule has 0 bridgehead atoms. The first-order chi connectivity index (χ1) is 8.36. The van der Waals surface area contributed by atoms with Crippen molar-refractivity contribution in [2.45, 2.75) is 12.1 Å². The van der Waals surface area contributed by atoms with Gasteiger partial charge in [-0.2, -0.15) is 11.3 Å². The molecule has 1 aromatic heterocycles. The van der Waals surface area contributed by atoms with Crippen LogP contribution in [0.1, 0.15) is 23.3 Å². The molecule has 0 aliphatic rings. The van der Waals surface area contributed by atoms with Crippen LogP contribution >= 0.6 is 11.3 Å². The molecule has 0 aliphatic heterocycles. The van der Waals surface area contributed by atoms with Gasteiger partial charge in [0.05, 0.1) is 6.04 Å². The lowest BCUT2D eigenvalue weighted by molar-refractivity contribution is 0.0703. The lowest BCUT2D eigenvalue weighted by Gasteiger charge is -2.25. The van der Waals surface area contributed by atoms with Crippen molar-refractivity contribution in [1.29, 1.82) is 0 Å². The van der Waals surface area contributed by atoms with Crippen molar-refractivity contribution >= 4 is 11.3 Å². The Hall–Kier alpha value is -1.16. The van der Waals surface area contributed by atoms with Crippen molar-refractivity contribution in [3.8, 4) is 0 Å². The number of hydrogen-bond donors (Lipinski definition) is 1. The Kier molecular flexibility index (Phi) is 4.31. The maximum atomic E-state index is 5.66. The zero-order valence-corrected chi connectivity index (χ0v) is 10.9. The Bertz CT molecular complexity index is 427. The van der Waals surface area contributed by atoms with E-state index in [2.05, 4.69) is 34.3 Å². The van der Waals surface area contributed by atoms with Gasteiger partial charge < -0.3 is 10.1 Å². The number of hydrogen-bond acceptors (Lipinski definition) is 3. The van der Waals surface area contributed by atoms with Gasteiger partial charge in [0.2, 0.25) is 0 Å². The molecule has 0 radical (unpaired) electrons. The van der Waals surface area contributed by atoms with Gasteiger partial charge in [-0.15, -0.1) is 0 Å². The van der Waals surface area contributed by atoms with Crippen molar-refractivity contribution in [1.82, 2.24) is 5.32 Å². The van der Waals surface area contributed by atoms with Crippen molar-refractivity contribution in [2.75, 3.05) is 14.2 Å². The van der Waals surface area contributed by atoms with Crippen molar-refractivity contribution in [2.24, 2.45) is 0 Å². The first-order valence-electron chi connectivity index (χ1n) is 5.64. The van der Waals surface area contributed by atoms with E-state index >= 15 is 0 Å². The average Bonchev–Trinajstić information content (AvgIpc) is 2.90. The summed E-state index contributed by atoms with van der Waals surface area (Å²) in [7, 11) is 3.73. The van der Waals surface area contributed by atoms with Gasteiger partial charge >= 0.3 is 0 Å². The third-order valence-corrected chi connectivity index (χ3v) is 3.60. The van der Waals surface area contributed by atoms with Gasteiger partial charge in [0, 0.05) is 7.11 Å². The molecule has 1 N–H and O–H groups in total. The van der Waals surface area contributed by atoms with Crippen LogP contribution in [0.5, 0.6) is 0 Å². The molecule has 90 valence electrons. The predicted molar refractivity (Wildman–Crippen MR) is 72.3 cm³/mol. The van der Waals surface area contributed by atoms with Gasteiger partial charge in [-0.3, -0.25) is 0 Å². The van der Waals surface area contributed by atoms with Crippen LogP contribution in [-0.2, 0) is 4.74 Å². The molecular weight excluding hydrogens is 230 g/mol. The highest BCUT2D eigenvalue weighted by atomic mass is 32.1. The van der Waals surface area contributed by atoms with Gasteiger partial charge in [-0.25, -0.2) is 0 Å². The summed E-state index contributed by atoms with van der Waals surface area (Å²) in [5.41, 5.74) is 2.47. The summed E-state index contributed by atoms with van der Waals surface area (Å²) < 4.78 is 5.66. The number of ether oxygens (including phenoxy) is 1. The molecule has 0 saturated carbocycles. The van der Waals surface area contributed by atoms with Gasteiger partial charge in [-0.05, 0) is 35.0 Å². The fourth-order valence-electron chi connectivity index (χ4n) is 2.05. The lowest BCUT2D eigenvalue weighted by Crippen LogP contribution is -2.24. The summed E-state index contributed by atoms with van der Waals surface area (Å²) in [5.74, 6) is 0. The van der Waals surface area contributed by atoms with Crippen molar-refractivity contribution in [3.63, 3.8) is 0 Å². The first kappa shape index (κ1) is 12.3. The minimum absolute atomic E-state index is 0.0378. The molecule has 0 amide bonds. The molecule has 0 fully saturated rings.